The van der Waals surface area contributed by atoms with Crippen molar-refractivity contribution in [1.29, 1.82) is 0 Å². The van der Waals surface area contributed by atoms with Gasteiger partial charge in [-0.05, 0) is 13.3 Å². The van der Waals surface area contributed by atoms with Crippen LogP contribution in [0.4, 0.5) is 0 Å². The summed E-state index contributed by atoms with van der Waals surface area (Å²) in [5, 5.41) is 0. The lowest BCUT2D eigenvalue weighted by Crippen LogP contribution is -1.89. The fraction of sp³-hybridized carbons (Fsp3) is 0.964. The molecule has 0 saturated carbocycles. The van der Waals surface area contributed by atoms with Crippen LogP contribution in [0.1, 0.15) is 174 Å². The Bertz CT molecular complexity index is 309. The molecule has 0 aromatic carbocycles. The van der Waals surface area contributed by atoms with Crippen LogP contribution in [0.3, 0.4) is 0 Å². The van der Waals surface area contributed by atoms with E-state index < -0.39 is 0 Å². The highest BCUT2D eigenvalue weighted by molar-refractivity contribution is 5.75. The molecule has 0 fully saturated rings. The van der Waals surface area contributed by atoms with Crippen molar-refractivity contribution in [2.24, 2.45) is 0 Å². The molecule has 0 spiro atoms. The summed E-state index contributed by atoms with van der Waals surface area (Å²) in [6.07, 6.45) is 34.9. The molecule has 0 heterocycles. The second-order valence-electron chi connectivity index (χ2n) is 9.58. The van der Waals surface area contributed by atoms with Crippen LogP contribution in [0.15, 0.2) is 0 Å². The number of carbonyl (C=O) groups is 1. The number of rotatable bonds is 25. The maximum absolute atomic E-state index is 10.9. The SMILES string of the molecule is CCCCCCCCCCCCCCCCCCCCCCCCCCC(C)=O. The van der Waals surface area contributed by atoms with Gasteiger partial charge in [0.15, 0.2) is 0 Å². The third kappa shape index (κ3) is 27.7. The van der Waals surface area contributed by atoms with Gasteiger partial charge in [0.2, 0.25) is 0 Å². The third-order valence-electron chi connectivity index (χ3n) is 6.38. The van der Waals surface area contributed by atoms with Gasteiger partial charge < -0.3 is 4.79 Å². The molecule has 0 aromatic rings. The highest BCUT2D eigenvalue weighted by Gasteiger charge is 1.97. The van der Waals surface area contributed by atoms with Crippen molar-refractivity contribution in [3.63, 3.8) is 0 Å². The van der Waals surface area contributed by atoms with Crippen molar-refractivity contribution in [3.8, 4) is 0 Å². The van der Waals surface area contributed by atoms with Crippen LogP contribution >= 0.6 is 0 Å². The molecule has 0 aromatic heterocycles. The average Bonchev–Trinajstić information content (AvgIpc) is 2.71. The average molecular weight is 409 g/mol. The summed E-state index contributed by atoms with van der Waals surface area (Å²) in [5.74, 6) is 0.351. The van der Waals surface area contributed by atoms with Gasteiger partial charge in [0.1, 0.15) is 5.78 Å². The molecule has 0 bridgehead atoms. The molecule has 1 nitrogen and oxygen atoms in total. The maximum atomic E-state index is 10.9. The van der Waals surface area contributed by atoms with Gasteiger partial charge in [-0.1, -0.05) is 155 Å². The van der Waals surface area contributed by atoms with E-state index in [-0.39, 0.29) is 0 Å². The van der Waals surface area contributed by atoms with E-state index in [4.69, 9.17) is 0 Å². The number of ketones is 1. The minimum atomic E-state index is 0.351. The van der Waals surface area contributed by atoms with Gasteiger partial charge >= 0.3 is 0 Å². The monoisotopic (exact) mass is 408 g/mol. The smallest absolute Gasteiger partial charge is 0.129 e. The van der Waals surface area contributed by atoms with Crippen LogP contribution < -0.4 is 0 Å². The van der Waals surface area contributed by atoms with Crippen LogP contribution in [-0.4, -0.2) is 5.78 Å². The van der Waals surface area contributed by atoms with E-state index in [0.29, 0.717) is 5.78 Å². The molecule has 0 aliphatic heterocycles. The Balaban J connectivity index is 2.99. The van der Waals surface area contributed by atoms with Crippen molar-refractivity contribution in [2.75, 3.05) is 0 Å². The van der Waals surface area contributed by atoms with Crippen LogP contribution in [0, 0.1) is 0 Å². The Morgan fingerprint density at radius 1 is 0.379 bits per heavy atom. The van der Waals surface area contributed by atoms with E-state index in [9.17, 15) is 4.79 Å². The van der Waals surface area contributed by atoms with E-state index >= 15 is 0 Å². The normalized spacial score (nSPS) is 11.2. The lowest BCUT2D eigenvalue weighted by molar-refractivity contribution is -0.117. The number of hydrogen-bond acceptors (Lipinski definition) is 1. The first kappa shape index (κ1) is 28.7. The summed E-state index contributed by atoms with van der Waals surface area (Å²) in [5.41, 5.74) is 0. The zero-order valence-corrected chi connectivity index (χ0v) is 20.6. The molecule has 1 heteroatoms. The van der Waals surface area contributed by atoms with Gasteiger partial charge in [-0.15, -0.1) is 0 Å². The van der Waals surface area contributed by atoms with Crippen molar-refractivity contribution in [3.05, 3.63) is 0 Å². The first-order chi connectivity index (χ1) is 14.3. The second kappa shape index (κ2) is 25.7. The maximum Gasteiger partial charge on any atom is 0.129 e. The van der Waals surface area contributed by atoms with E-state index in [1.54, 1.807) is 6.92 Å². The fourth-order valence-corrected chi connectivity index (χ4v) is 4.34. The topological polar surface area (TPSA) is 17.1 Å². The molecule has 0 atom stereocenters. The summed E-state index contributed by atoms with van der Waals surface area (Å²) in [7, 11) is 0. The van der Waals surface area contributed by atoms with Gasteiger partial charge in [-0.25, -0.2) is 0 Å². The van der Waals surface area contributed by atoms with Crippen molar-refractivity contribution < 1.29 is 4.79 Å². The quantitative estimate of drug-likeness (QED) is 0.137. The summed E-state index contributed by atoms with van der Waals surface area (Å²) < 4.78 is 0. The molecule has 0 amide bonds. The van der Waals surface area contributed by atoms with Gasteiger partial charge in [-0.2, -0.15) is 0 Å². The summed E-state index contributed by atoms with van der Waals surface area (Å²) >= 11 is 0. The first-order valence-corrected chi connectivity index (χ1v) is 13.8. The molecular weight excluding hydrogens is 352 g/mol. The van der Waals surface area contributed by atoms with Crippen LogP contribution in [0.25, 0.3) is 0 Å². The fourth-order valence-electron chi connectivity index (χ4n) is 4.34. The predicted octanol–water partition coefficient (Wildman–Crippen LogP) is 10.3. The van der Waals surface area contributed by atoms with E-state index in [2.05, 4.69) is 6.92 Å². The third-order valence-corrected chi connectivity index (χ3v) is 6.38. The number of Topliss-reactive ketones (excluding diaryl/α,β-unsaturated/α-hetero) is 1. The van der Waals surface area contributed by atoms with Crippen LogP contribution in [0.2, 0.25) is 0 Å². The molecular formula is C28H56O. The minimum Gasteiger partial charge on any atom is -0.300 e. The van der Waals surface area contributed by atoms with Gasteiger partial charge in [0.05, 0.1) is 0 Å². The van der Waals surface area contributed by atoms with E-state index in [0.717, 1.165) is 12.8 Å². The molecule has 0 unspecified atom stereocenters. The van der Waals surface area contributed by atoms with Crippen LogP contribution in [0.5, 0.6) is 0 Å². The Morgan fingerprint density at radius 2 is 0.586 bits per heavy atom. The summed E-state index contributed by atoms with van der Waals surface area (Å²) in [4.78, 5) is 10.9. The highest BCUT2D eigenvalue weighted by atomic mass is 16.1. The lowest BCUT2D eigenvalue weighted by atomic mass is 10.0. The standard InChI is InChI=1S/C28H56O/c1-3-4-5-6-7-8-9-10-11-12-13-14-15-16-17-18-19-20-21-22-23-24-25-26-27-28(2)29/h3-27H2,1-2H3. The Morgan fingerprint density at radius 3 is 0.793 bits per heavy atom. The zero-order chi connectivity index (χ0) is 21.3. The highest BCUT2D eigenvalue weighted by Crippen LogP contribution is 2.15. The van der Waals surface area contributed by atoms with Gasteiger partial charge in [-0.3, -0.25) is 0 Å². The molecule has 0 saturated heterocycles. The van der Waals surface area contributed by atoms with Crippen LogP contribution in [-0.2, 0) is 4.79 Å². The van der Waals surface area contributed by atoms with Gasteiger partial charge in [0.25, 0.3) is 0 Å². The molecule has 0 aliphatic carbocycles. The largest absolute Gasteiger partial charge is 0.300 e. The number of carbonyl (C=O) groups excluding carboxylic acids is 1. The van der Waals surface area contributed by atoms with Crippen molar-refractivity contribution in [2.45, 2.75) is 174 Å². The zero-order valence-electron chi connectivity index (χ0n) is 20.6. The lowest BCUT2D eigenvalue weighted by Gasteiger charge is -2.04. The molecule has 0 rings (SSSR count). The number of hydrogen-bond donors (Lipinski definition) is 0. The molecule has 174 valence electrons. The molecule has 29 heavy (non-hydrogen) atoms. The van der Waals surface area contributed by atoms with E-state index in [1.807, 2.05) is 0 Å². The molecule has 0 N–H and O–H groups in total. The first-order valence-electron chi connectivity index (χ1n) is 13.8. The predicted molar refractivity (Wildman–Crippen MR) is 132 cm³/mol. The molecule has 0 aliphatic rings. The summed E-state index contributed by atoms with van der Waals surface area (Å²) in [6.45, 7) is 4.00. The van der Waals surface area contributed by atoms with Gasteiger partial charge in [0, 0.05) is 6.42 Å². The molecule has 0 radical (unpaired) electrons. The number of unbranched alkanes of at least 4 members (excludes halogenated alkanes) is 23. The Labute approximate surface area is 185 Å². The Hall–Kier alpha value is -0.330. The second-order valence-corrected chi connectivity index (χ2v) is 9.58. The van der Waals surface area contributed by atoms with Crippen molar-refractivity contribution >= 4 is 5.78 Å². The Kier molecular flexibility index (Phi) is 25.4. The minimum absolute atomic E-state index is 0.351. The van der Waals surface area contributed by atoms with Crippen molar-refractivity contribution in [1.82, 2.24) is 0 Å². The summed E-state index contributed by atoms with van der Waals surface area (Å²) in [6, 6.07) is 0. The van der Waals surface area contributed by atoms with E-state index in [1.165, 1.54) is 148 Å².